The summed E-state index contributed by atoms with van der Waals surface area (Å²) in [5.74, 6) is 1.10. The Labute approximate surface area is 171 Å². The van der Waals surface area contributed by atoms with E-state index >= 15 is 0 Å². The molecule has 0 radical (unpaired) electrons. The van der Waals surface area contributed by atoms with Crippen molar-refractivity contribution in [2.75, 3.05) is 39.2 Å². The van der Waals surface area contributed by atoms with Gasteiger partial charge < -0.3 is 20.1 Å². The number of anilines is 1. The summed E-state index contributed by atoms with van der Waals surface area (Å²) >= 11 is 0. The van der Waals surface area contributed by atoms with Gasteiger partial charge in [-0.05, 0) is 25.0 Å². The third-order valence-electron chi connectivity index (χ3n) is 4.96. The molecule has 1 saturated heterocycles. The maximum absolute atomic E-state index is 12.4. The van der Waals surface area contributed by atoms with Crippen molar-refractivity contribution in [3.63, 3.8) is 0 Å². The van der Waals surface area contributed by atoms with Gasteiger partial charge >= 0.3 is 0 Å². The molecule has 0 bridgehead atoms. The van der Waals surface area contributed by atoms with Crippen molar-refractivity contribution < 1.29 is 19.1 Å². The molecule has 2 aromatic carbocycles. The lowest BCUT2D eigenvalue weighted by Crippen LogP contribution is -2.46. The second-order valence-electron chi connectivity index (χ2n) is 7.04. The molecule has 2 aromatic rings. The minimum Gasteiger partial charge on any atom is -0.497 e. The molecule has 0 aromatic heterocycles. The summed E-state index contributed by atoms with van der Waals surface area (Å²) < 4.78 is 10.5. The molecule has 2 amide bonds. The van der Waals surface area contributed by atoms with Crippen LogP contribution in [0.2, 0.25) is 0 Å². The molecule has 7 nitrogen and oxygen atoms in total. The van der Waals surface area contributed by atoms with Crippen LogP contribution in [-0.2, 0) is 4.79 Å². The van der Waals surface area contributed by atoms with Crippen molar-refractivity contribution >= 4 is 17.5 Å². The van der Waals surface area contributed by atoms with E-state index in [1.54, 1.807) is 32.4 Å². The van der Waals surface area contributed by atoms with Gasteiger partial charge in [0.2, 0.25) is 5.91 Å². The third kappa shape index (κ3) is 5.96. The Bertz CT molecular complexity index is 811. The molecule has 0 saturated carbocycles. The van der Waals surface area contributed by atoms with Crippen LogP contribution in [0.5, 0.6) is 11.5 Å². The number of amides is 2. The van der Waals surface area contributed by atoms with Crippen LogP contribution in [0, 0.1) is 0 Å². The zero-order valence-corrected chi connectivity index (χ0v) is 16.8. The number of carbonyl (C=O) groups excluding carboxylic acids is 2. The zero-order valence-electron chi connectivity index (χ0n) is 16.8. The first-order valence-corrected chi connectivity index (χ1v) is 9.68. The molecule has 0 unspecified atom stereocenters. The number of piperidine rings is 1. The number of carbonyl (C=O) groups is 2. The summed E-state index contributed by atoms with van der Waals surface area (Å²) in [5.41, 5.74) is 1.30. The molecule has 154 valence electrons. The Kier molecular flexibility index (Phi) is 7.08. The maximum Gasteiger partial charge on any atom is 0.251 e. The fraction of sp³-hybridized carbons (Fsp3) is 0.364. The quantitative estimate of drug-likeness (QED) is 0.751. The van der Waals surface area contributed by atoms with Crippen molar-refractivity contribution in [1.29, 1.82) is 0 Å². The third-order valence-corrected chi connectivity index (χ3v) is 4.96. The van der Waals surface area contributed by atoms with E-state index in [1.165, 1.54) is 0 Å². The van der Waals surface area contributed by atoms with Crippen LogP contribution in [0.3, 0.4) is 0 Å². The fourth-order valence-corrected chi connectivity index (χ4v) is 3.38. The first-order valence-electron chi connectivity index (χ1n) is 9.68. The molecule has 3 rings (SSSR count). The summed E-state index contributed by atoms with van der Waals surface area (Å²) in [5, 5.41) is 5.97. The van der Waals surface area contributed by atoms with E-state index < -0.39 is 0 Å². The van der Waals surface area contributed by atoms with Crippen LogP contribution in [-0.4, -0.2) is 56.6 Å². The normalized spacial score (nSPS) is 14.8. The van der Waals surface area contributed by atoms with Gasteiger partial charge in [-0.15, -0.1) is 0 Å². The Hall–Kier alpha value is -3.06. The molecule has 1 aliphatic heterocycles. The fourth-order valence-electron chi connectivity index (χ4n) is 3.38. The van der Waals surface area contributed by atoms with E-state index in [4.69, 9.17) is 9.47 Å². The number of nitrogens with one attached hydrogen (secondary N) is 2. The van der Waals surface area contributed by atoms with Gasteiger partial charge in [-0.25, -0.2) is 0 Å². The SMILES string of the molecule is COc1cc(NC(=O)CN2CCC(NC(=O)c3ccccc3)CC2)cc(OC)c1. The van der Waals surface area contributed by atoms with E-state index in [0.717, 1.165) is 25.9 Å². The van der Waals surface area contributed by atoms with Crippen LogP contribution in [0.25, 0.3) is 0 Å². The number of nitrogens with zero attached hydrogens (tertiary/aromatic N) is 1. The van der Waals surface area contributed by atoms with Crippen molar-refractivity contribution in [3.8, 4) is 11.5 Å². The highest BCUT2D eigenvalue weighted by molar-refractivity contribution is 5.94. The molecular formula is C22H27N3O4. The van der Waals surface area contributed by atoms with Gasteiger partial charge in [0.25, 0.3) is 5.91 Å². The minimum atomic E-state index is -0.0907. The van der Waals surface area contributed by atoms with Gasteiger partial charge in [0.1, 0.15) is 11.5 Å². The number of rotatable bonds is 7. The van der Waals surface area contributed by atoms with Gasteiger partial charge in [-0.2, -0.15) is 0 Å². The number of benzene rings is 2. The van der Waals surface area contributed by atoms with Crippen LogP contribution < -0.4 is 20.1 Å². The molecule has 0 aliphatic carbocycles. The van der Waals surface area contributed by atoms with E-state index in [0.29, 0.717) is 29.3 Å². The van der Waals surface area contributed by atoms with Crippen LogP contribution >= 0.6 is 0 Å². The average molecular weight is 397 g/mol. The van der Waals surface area contributed by atoms with Crippen LogP contribution in [0.4, 0.5) is 5.69 Å². The highest BCUT2D eigenvalue weighted by atomic mass is 16.5. The predicted octanol–water partition coefficient (Wildman–Crippen LogP) is 2.54. The second kappa shape index (κ2) is 9.93. The molecule has 29 heavy (non-hydrogen) atoms. The smallest absolute Gasteiger partial charge is 0.251 e. The van der Waals surface area contributed by atoms with Crippen molar-refractivity contribution in [1.82, 2.24) is 10.2 Å². The molecule has 2 N–H and O–H groups in total. The molecule has 1 fully saturated rings. The largest absolute Gasteiger partial charge is 0.497 e. The zero-order chi connectivity index (χ0) is 20.6. The lowest BCUT2D eigenvalue weighted by atomic mass is 10.0. The number of ether oxygens (including phenoxy) is 2. The monoisotopic (exact) mass is 397 g/mol. The number of likely N-dealkylation sites (tertiary alicyclic amines) is 1. The van der Waals surface area contributed by atoms with Gasteiger partial charge in [-0.3, -0.25) is 14.5 Å². The Morgan fingerprint density at radius 2 is 1.62 bits per heavy atom. The molecular weight excluding hydrogens is 370 g/mol. The van der Waals surface area contributed by atoms with Crippen molar-refractivity contribution in [3.05, 3.63) is 54.1 Å². The standard InChI is InChI=1S/C22H27N3O4/c1-28-19-12-18(13-20(14-19)29-2)23-21(26)15-25-10-8-17(9-11-25)24-22(27)16-6-4-3-5-7-16/h3-7,12-14,17H,8-11,15H2,1-2H3,(H,23,26)(H,24,27). The Morgan fingerprint density at radius 1 is 1.00 bits per heavy atom. The summed E-state index contributed by atoms with van der Waals surface area (Å²) in [4.78, 5) is 26.8. The van der Waals surface area contributed by atoms with Gasteiger partial charge in [-0.1, -0.05) is 18.2 Å². The lowest BCUT2D eigenvalue weighted by molar-refractivity contribution is -0.117. The van der Waals surface area contributed by atoms with Crippen molar-refractivity contribution in [2.24, 2.45) is 0 Å². The maximum atomic E-state index is 12.4. The number of hydrogen-bond acceptors (Lipinski definition) is 5. The Morgan fingerprint density at radius 3 is 2.21 bits per heavy atom. The topological polar surface area (TPSA) is 79.9 Å². The van der Waals surface area contributed by atoms with Crippen molar-refractivity contribution in [2.45, 2.75) is 18.9 Å². The van der Waals surface area contributed by atoms with Crippen LogP contribution in [0.15, 0.2) is 48.5 Å². The summed E-state index contributed by atoms with van der Waals surface area (Å²) in [6.07, 6.45) is 1.64. The van der Waals surface area contributed by atoms with E-state index in [1.807, 2.05) is 30.3 Å². The number of methoxy groups -OCH3 is 2. The molecule has 1 heterocycles. The molecule has 0 spiro atoms. The molecule has 7 heteroatoms. The van der Waals surface area contributed by atoms with Crippen LogP contribution in [0.1, 0.15) is 23.2 Å². The van der Waals surface area contributed by atoms with E-state index in [2.05, 4.69) is 15.5 Å². The summed E-state index contributed by atoms with van der Waals surface area (Å²) in [6.45, 7) is 1.82. The van der Waals surface area contributed by atoms with Gasteiger partial charge in [0.15, 0.2) is 0 Å². The van der Waals surface area contributed by atoms with Gasteiger partial charge in [0.05, 0.1) is 20.8 Å². The summed E-state index contributed by atoms with van der Waals surface area (Å²) in [6, 6.07) is 14.6. The highest BCUT2D eigenvalue weighted by Gasteiger charge is 2.22. The van der Waals surface area contributed by atoms with Gasteiger partial charge in [0, 0.05) is 48.6 Å². The predicted molar refractivity (Wildman–Crippen MR) is 112 cm³/mol. The second-order valence-corrected chi connectivity index (χ2v) is 7.04. The first-order chi connectivity index (χ1) is 14.1. The first kappa shape index (κ1) is 20.7. The average Bonchev–Trinajstić information content (AvgIpc) is 2.75. The number of hydrogen-bond donors (Lipinski definition) is 2. The highest BCUT2D eigenvalue weighted by Crippen LogP contribution is 2.25. The Balaban J connectivity index is 1.46. The van der Waals surface area contributed by atoms with E-state index in [-0.39, 0.29) is 17.9 Å². The lowest BCUT2D eigenvalue weighted by Gasteiger charge is -2.31. The minimum absolute atomic E-state index is 0.0474. The molecule has 1 aliphatic rings. The van der Waals surface area contributed by atoms with E-state index in [9.17, 15) is 9.59 Å². The summed E-state index contributed by atoms with van der Waals surface area (Å²) in [7, 11) is 3.14. The molecule has 0 atom stereocenters.